The van der Waals surface area contributed by atoms with Crippen LogP contribution in [0.4, 0.5) is 4.79 Å². The van der Waals surface area contributed by atoms with Gasteiger partial charge in [-0.05, 0) is 56.6 Å². The lowest BCUT2D eigenvalue weighted by Gasteiger charge is -2.33. The first kappa shape index (κ1) is 19.3. The van der Waals surface area contributed by atoms with Gasteiger partial charge in [-0.1, -0.05) is 11.6 Å². The predicted molar refractivity (Wildman–Crippen MR) is 90.6 cm³/mol. The van der Waals surface area contributed by atoms with E-state index in [0.29, 0.717) is 13.7 Å². The number of thiophene rings is 1. The van der Waals surface area contributed by atoms with Gasteiger partial charge in [0.1, 0.15) is 9.94 Å². The molecule has 1 amide bonds. The molecule has 0 fully saturated rings. The van der Waals surface area contributed by atoms with Gasteiger partial charge < -0.3 is 9.84 Å². The molecule has 0 radical (unpaired) electrons. The molecule has 5 nitrogen and oxygen atoms in total. The van der Waals surface area contributed by atoms with E-state index < -0.39 is 23.7 Å². The molecule has 8 heteroatoms. The summed E-state index contributed by atoms with van der Waals surface area (Å²) in [6.45, 7) is 8.68. The van der Waals surface area contributed by atoms with Crippen molar-refractivity contribution in [3.8, 4) is 0 Å². The lowest BCUT2D eigenvalue weighted by atomic mass is 10.1. The molecule has 0 aliphatic rings. The second-order valence-corrected chi connectivity index (χ2v) is 8.53. The zero-order chi connectivity index (χ0) is 17.2. The molecule has 1 unspecified atom stereocenters. The van der Waals surface area contributed by atoms with E-state index in [2.05, 4.69) is 15.9 Å². The molecule has 1 heterocycles. The van der Waals surface area contributed by atoms with E-state index in [9.17, 15) is 14.7 Å². The van der Waals surface area contributed by atoms with E-state index in [4.69, 9.17) is 16.3 Å². The van der Waals surface area contributed by atoms with E-state index in [1.165, 1.54) is 4.90 Å². The number of nitrogens with zero attached hydrogens (tertiary/aromatic N) is 1. The number of carbonyl (C=O) groups excluding carboxylic acids is 1. The third-order valence-corrected chi connectivity index (χ3v) is 5.13. The highest BCUT2D eigenvalue weighted by Gasteiger charge is 2.37. The normalized spacial score (nSPS) is 13.1. The highest BCUT2D eigenvalue weighted by molar-refractivity contribution is 9.10. The highest BCUT2D eigenvalue weighted by atomic mass is 79.9. The van der Waals surface area contributed by atoms with Crippen LogP contribution in [0.3, 0.4) is 0 Å². The third kappa shape index (κ3) is 4.86. The molecule has 1 atom stereocenters. The van der Waals surface area contributed by atoms with Gasteiger partial charge in [0, 0.05) is 15.4 Å². The van der Waals surface area contributed by atoms with E-state index in [-0.39, 0.29) is 6.04 Å². The number of ether oxygens (including phenoxy) is 1. The number of halogens is 2. The van der Waals surface area contributed by atoms with Crippen molar-refractivity contribution in [2.45, 2.75) is 52.3 Å². The molecule has 1 N–H and O–H groups in total. The SMILES string of the molecule is CC(C)N(C(=O)OC(C)(C)C)C(C(=O)O)c1cc(Br)c(Cl)s1. The Morgan fingerprint density at radius 3 is 2.27 bits per heavy atom. The molecule has 1 rings (SSSR count). The molecule has 0 aromatic carbocycles. The van der Waals surface area contributed by atoms with E-state index in [0.717, 1.165) is 11.3 Å². The number of hydrogen-bond acceptors (Lipinski definition) is 4. The second kappa shape index (κ2) is 7.19. The largest absolute Gasteiger partial charge is 0.479 e. The molecule has 1 aromatic heterocycles. The fourth-order valence-electron chi connectivity index (χ4n) is 1.80. The Balaban J connectivity index is 3.24. The molecular weight excluding hydrogens is 394 g/mol. The summed E-state index contributed by atoms with van der Waals surface area (Å²) in [5.74, 6) is -1.13. The minimum Gasteiger partial charge on any atom is -0.479 e. The Morgan fingerprint density at radius 2 is 1.95 bits per heavy atom. The summed E-state index contributed by atoms with van der Waals surface area (Å²) in [6.07, 6.45) is -0.671. The standard InChI is InChI=1S/C14H19BrClNO4S/c1-7(2)17(13(20)21-14(3,4)5)10(12(18)19)9-6-8(15)11(16)22-9/h6-7,10H,1-5H3,(H,18,19). The number of carboxylic acid groups (broad SMARTS) is 1. The summed E-state index contributed by atoms with van der Waals surface area (Å²) in [7, 11) is 0. The molecule has 22 heavy (non-hydrogen) atoms. The average Bonchev–Trinajstić information content (AvgIpc) is 2.62. The van der Waals surface area contributed by atoms with Gasteiger partial charge in [0.2, 0.25) is 0 Å². The molecule has 0 spiro atoms. The lowest BCUT2D eigenvalue weighted by Crippen LogP contribution is -2.45. The maximum atomic E-state index is 12.4. The highest BCUT2D eigenvalue weighted by Crippen LogP contribution is 2.38. The molecule has 0 aliphatic heterocycles. The van der Waals surface area contributed by atoms with Crippen LogP contribution in [-0.4, -0.2) is 33.7 Å². The summed E-state index contributed by atoms with van der Waals surface area (Å²) >= 11 is 10.4. The summed E-state index contributed by atoms with van der Waals surface area (Å²) in [6, 6.07) is 0.116. The summed E-state index contributed by atoms with van der Waals surface area (Å²) in [5.41, 5.74) is -0.707. The van der Waals surface area contributed by atoms with E-state index in [1.54, 1.807) is 40.7 Å². The van der Waals surface area contributed by atoms with Crippen molar-refractivity contribution in [3.63, 3.8) is 0 Å². The number of amides is 1. The Hall–Kier alpha value is -0.790. The zero-order valence-corrected chi connectivity index (χ0v) is 16.2. The number of carbonyl (C=O) groups is 2. The minimum absolute atomic E-state index is 0.351. The number of hydrogen-bond donors (Lipinski definition) is 1. The van der Waals surface area contributed by atoms with Crippen LogP contribution in [0.5, 0.6) is 0 Å². The fourth-order valence-corrected chi connectivity index (χ4v) is 3.63. The number of aliphatic carboxylic acids is 1. The summed E-state index contributed by atoms with van der Waals surface area (Å²) < 4.78 is 6.38. The average molecular weight is 413 g/mol. The first-order valence-corrected chi connectivity index (χ1v) is 8.61. The van der Waals surface area contributed by atoms with E-state index in [1.807, 2.05) is 0 Å². The topological polar surface area (TPSA) is 66.8 Å². The fraction of sp³-hybridized carbons (Fsp3) is 0.571. The van der Waals surface area contributed by atoms with Gasteiger partial charge in [0.25, 0.3) is 0 Å². The predicted octanol–water partition coefficient (Wildman–Crippen LogP) is 4.94. The van der Waals surface area contributed by atoms with Crippen molar-refractivity contribution in [3.05, 3.63) is 19.8 Å². The first-order chi connectivity index (χ1) is 9.94. The Bertz CT molecular complexity index is 548. The Labute approximate surface area is 147 Å². The van der Waals surface area contributed by atoms with Gasteiger partial charge >= 0.3 is 12.1 Å². The maximum Gasteiger partial charge on any atom is 0.411 e. The van der Waals surface area contributed by atoms with Gasteiger partial charge in [-0.3, -0.25) is 4.90 Å². The summed E-state index contributed by atoms with van der Waals surface area (Å²) in [4.78, 5) is 25.8. The van der Waals surface area contributed by atoms with Crippen molar-refractivity contribution in [2.75, 3.05) is 0 Å². The summed E-state index contributed by atoms with van der Waals surface area (Å²) in [5, 5.41) is 9.59. The van der Waals surface area contributed by atoms with Crippen LogP contribution >= 0.6 is 38.9 Å². The molecule has 0 bridgehead atoms. The molecule has 124 valence electrons. The van der Waals surface area contributed by atoms with Crippen molar-refractivity contribution in [2.24, 2.45) is 0 Å². The lowest BCUT2D eigenvalue weighted by molar-refractivity contribution is -0.144. The van der Waals surface area contributed by atoms with E-state index >= 15 is 0 Å². The van der Waals surface area contributed by atoms with Gasteiger partial charge in [0.15, 0.2) is 6.04 Å². The molecule has 0 saturated carbocycles. The van der Waals surface area contributed by atoms with Crippen molar-refractivity contribution >= 4 is 50.9 Å². The minimum atomic E-state index is -1.15. The third-order valence-electron chi connectivity index (χ3n) is 2.61. The monoisotopic (exact) mass is 411 g/mol. The molecule has 1 aromatic rings. The van der Waals surface area contributed by atoms with Gasteiger partial charge in [0.05, 0.1) is 0 Å². The Morgan fingerprint density at radius 1 is 1.41 bits per heavy atom. The van der Waals surface area contributed by atoms with Crippen LogP contribution in [0.15, 0.2) is 10.5 Å². The van der Waals surface area contributed by atoms with Gasteiger partial charge in [-0.15, -0.1) is 11.3 Å². The number of carboxylic acids is 1. The van der Waals surface area contributed by atoms with Crippen LogP contribution in [0, 0.1) is 0 Å². The van der Waals surface area contributed by atoms with Crippen molar-refractivity contribution in [1.82, 2.24) is 4.90 Å². The Kier molecular flexibility index (Phi) is 6.29. The first-order valence-electron chi connectivity index (χ1n) is 6.63. The molecule has 0 saturated heterocycles. The maximum absolute atomic E-state index is 12.4. The number of rotatable bonds is 4. The smallest absolute Gasteiger partial charge is 0.411 e. The van der Waals surface area contributed by atoms with Crippen LogP contribution in [0.1, 0.15) is 45.5 Å². The van der Waals surface area contributed by atoms with Crippen LogP contribution in [0.2, 0.25) is 4.34 Å². The second-order valence-electron chi connectivity index (χ2n) is 5.99. The molecular formula is C14H19BrClNO4S. The quantitative estimate of drug-likeness (QED) is 0.761. The van der Waals surface area contributed by atoms with Crippen molar-refractivity contribution in [1.29, 1.82) is 0 Å². The molecule has 0 aliphatic carbocycles. The van der Waals surface area contributed by atoms with Crippen LogP contribution in [0.25, 0.3) is 0 Å². The zero-order valence-electron chi connectivity index (χ0n) is 13.0. The van der Waals surface area contributed by atoms with Crippen LogP contribution < -0.4 is 0 Å². The van der Waals surface area contributed by atoms with Crippen LogP contribution in [-0.2, 0) is 9.53 Å². The van der Waals surface area contributed by atoms with Crippen molar-refractivity contribution < 1.29 is 19.4 Å². The van der Waals surface area contributed by atoms with Gasteiger partial charge in [-0.25, -0.2) is 9.59 Å². The van der Waals surface area contributed by atoms with Gasteiger partial charge in [-0.2, -0.15) is 0 Å².